The van der Waals surface area contributed by atoms with Crippen LogP contribution in [0.1, 0.15) is 18.9 Å². The second-order valence-corrected chi connectivity index (χ2v) is 6.44. The van der Waals surface area contributed by atoms with Gasteiger partial charge in [0, 0.05) is 39.3 Å². The molecular weight excluding hydrogens is 373 g/mol. The number of halogens is 3. The van der Waals surface area contributed by atoms with Gasteiger partial charge in [-0.05, 0) is 37.5 Å². The second-order valence-electron chi connectivity index (χ2n) is 6.44. The number of nitrogens with one attached hydrogen (secondary N) is 2. The van der Waals surface area contributed by atoms with E-state index in [0.717, 1.165) is 63.9 Å². The SMILES string of the molecule is CCNC(=NCCCN1CCOCC1)NCCc1ccc(OC(F)(F)F)cc1. The Balaban J connectivity index is 1.69. The minimum Gasteiger partial charge on any atom is -0.406 e. The zero-order valence-corrected chi connectivity index (χ0v) is 16.2. The average molecular weight is 402 g/mol. The molecule has 28 heavy (non-hydrogen) atoms. The van der Waals surface area contributed by atoms with E-state index < -0.39 is 6.36 Å². The highest BCUT2D eigenvalue weighted by molar-refractivity contribution is 5.79. The third kappa shape index (κ3) is 9.27. The van der Waals surface area contributed by atoms with Crippen LogP contribution in [0.3, 0.4) is 0 Å². The Morgan fingerprint density at radius 3 is 2.54 bits per heavy atom. The molecule has 0 amide bonds. The molecule has 2 rings (SSSR count). The number of benzene rings is 1. The van der Waals surface area contributed by atoms with Crippen LogP contribution in [0.2, 0.25) is 0 Å². The van der Waals surface area contributed by atoms with Crippen molar-refractivity contribution in [1.29, 1.82) is 0 Å². The van der Waals surface area contributed by atoms with E-state index in [1.807, 2.05) is 6.92 Å². The maximum absolute atomic E-state index is 12.2. The zero-order chi connectivity index (χ0) is 20.2. The van der Waals surface area contributed by atoms with Gasteiger partial charge in [-0.25, -0.2) is 0 Å². The Morgan fingerprint density at radius 1 is 1.18 bits per heavy atom. The molecule has 0 bridgehead atoms. The van der Waals surface area contributed by atoms with Gasteiger partial charge in [0.05, 0.1) is 13.2 Å². The lowest BCUT2D eigenvalue weighted by Crippen LogP contribution is -2.39. The fraction of sp³-hybridized carbons (Fsp3) is 0.632. The molecule has 0 atom stereocenters. The molecule has 1 aromatic rings. The van der Waals surface area contributed by atoms with Gasteiger partial charge >= 0.3 is 6.36 Å². The maximum atomic E-state index is 12.2. The van der Waals surface area contributed by atoms with Gasteiger partial charge < -0.3 is 20.1 Å². The summed E-state index contributed by atoms with van der Waals surface area (Å²) in [4.78, 5) is 6.96. The number of morpholine rings is 1. The Morgan fingerprint density at radius 2 is 1.89 bits per heavy atom. The van der Waals surface area contributed by atoms with E-state index in [2.05, 4.69) is 25.3 Å². The molecule has 0 unspecified atom stereocenters. The third-order valence-corrected chi connectivity index (χ3v) is 4.21. The van der Waals surface area contributed by atoms with Gasteiger partial charge in [-0.3, -0.25) is 9.89 Å². The fourth-order valence-corrected chi connectivity index (χ4v) is 2.83. The van der Waals surface area contributed by atoms with Crippen molar-refractivity contribution in [2.75, 3.05) is 52.5 Å². The summed E-state index contributed by atoms with van der Waals surface area (Å²) in [5, 5.41) is 6.46. The number of hydrogen-bond acceptors (Lipinski definition) is 4. The summed E-state index contributed by atoms with van der Waals surface area (Å²) in [7, 11) is 0. The number of guanidine groups is 1. The Kier molecular flexibility index (Phi) is 9.36. The number of rotatable bonds is 9. The molecule has 0 aliphatic carbocycles. The third-order valence-electron chi connectivity index (χ3n) is 4.21. The number of alkyl halides is 3. The predicted molar refractivity (Wildman–Crippen MR) is 103 cm³/mol. The lowest BCUT2D eigenvalue weighted by molar-refractivity contribution is -0.274. The maximum Gasteiger partial charge on any atom is 0.573 e. The van der Waals surface area contributed by atoms with Gasteiger partial charge in [0.2, 0.25) is 0 Å². The Labute approximate surface area is 164 Å². The van der Waals surface area contributed by atoms with Crippen LogP contribution in [0.5, 0.6) is 5.75 Å². The van der Waals surface area contributed by atoms with Gasteiger partial charge in [0.1, 0.15) is 5.75 Å². The molecule has 1 aromatic carbocycles. The quantitative estimate of drug-likeness (QED) is 0.377. The number of nitrogens with zero attached hydrogens (tertiary/aromatic N) is 2. The van der Waals surface area contributed by atoms with Gasteiger partial charge in [-0.2, -0.15) is 0 Å². The highest BCUT2D eigenvalue weighted by atomic mass is 19.4. The molecule has 0 radical (unpaired) electrons. The second kappa shape index (κ2) is 11.8. The van der Waals surface area contributed by atoms with Crippen LogP contribution in [-0.2, 0) is 11.2 Å². The molecule has 1 heterocycles. The minimum atomic E-state index is -4.66. The summed E-state index contributed by atoms with van der Waals surface area (Å²) >= 11 is 0. The van der Waals surface area contributed by atoms with Crippen LogP contribution >= 0.6 is 0 Å². The van der Waals surface area contributed by atoms with Crippen LogP contribution in [0.25, 0.3) is 0 Å². The van der Waals surface area contributed by atoms with Crippen molar-refractivity contribution in [3.05, 3.63) is 29.8 Å². The summed E-state index contributed by atoms with van der Waals surface area (Å²) in [5.74, 6) is 0.542. The first-order valence-electron chi connectivity index (χ1n) is 9.63. The molecule has 0 spiro atoms. The van der Waals surface area contributed by atoms with Gasteiger partial charge in [-0.1, -0.05) is 12.1 Å². The first-order valence-corrected chi connectivity index (χ1v) is 9.63. The van der Waals surface area contributed by atoms with Crippen molar-refractivity contribution in [3.8, 4) is 5.75 Å². The lowest BCUT2D eigenvalue weighted by Gasteiger charge is -2.26. The van der Waals surface area contributed by atoms with E-state index in [1.165, 1.54) is 12.1 Å². The summed E-state index contributed by atoms with van der Waals surface area (Å²) in [6.07, 6.45) is -3.01. The van der Waals surface area contributed by atoms with E-state index in [1.54, 1.807) is 12.1 Å². The van der Waals surface area contributed by atoms with Gasteiger partial charge in [0.15, 0.2) is 5.96 Å². The molecule has 1 aliphatic heterocycles. The van der Waals surface area contributed by atoms with Gasteiger partial charge in [0.25, 0.3) is 0 Å². The minimum absolute atomic E-state index is 0.209. The Bertz CT molecular complexity index is 588. The molecule has 1 aliphatic rings. The first kappa shape index (κ1) is 22.3. The lowest BCUT2D eigenvalue weighted by atomic mass is 10.1. The molecule has 158 valence electrons. The van der Waals surface area contributed by atoms with E-state index in [4.69, 9.17) is 4.74 Å². The molecule has 9 heteroatoms. The first-order chi connectivity index (χ1) is 13.5. The van der Waals surface area contributed by atoms with E-state index in [-0.39, 0.29) is 5.75 Å². The summed E-state index contributed by atoms with van der Waals surface area (Å²) in [6.45, 7) is 8.71. The molecule has 0 saturated carbocycles. The number of ether oxygens (including phenoxy) is 2. The van der Waals surface area contributed by atoms with Crippen molar-refractivity contribution >= 4 is 5.96 Å². The monoisotopic (exact) mass is 402 g/mol. The van der Waals surface area contributed by atoms with Crippen LogP contribution in [0.4, 0.5) is 13.2 Å². The summed E-state index contributed by atoms with van der Waals surface area (Å²) in [5.41, 5.74) is 0.921. The van der Waals surface area contributed by atoms with Crippen molar-refractivity contribution in [2.45, 2.75) is 26.1 Å². The zero-order valence-electron chi connectivity index (χ0n) is 16.2. The van der Waals surface area contributed by atoms with Gasteiger partial charge in [-0.15, -0.1) is 13.2 Å². The molecule has 1 fully saturated rings. The molecule has 2 N–H and O–H groups in total. The normalized spacial score (nSPS) is 16.1. The highest BCUT2D eigenvalue weighted by Gasteiger charge is 2.30. The molecule has 1 saturated heterocycles. The van der Waals surface area contributed by atoms with Crippen molar-refractivity contribution in [2.24, 2.45) is 4.99 Å². The molecule has 6 nitrogen and oxygen atoms in total. The van der Waals surface area contributed by atoms with Crippen LogP contribution in [0.15, 0.2) is 29.3 Å². The van der Waals surface area contributed by atoms with E-state index in [9.17, 15) is 13.2 Å². The van der Waals surface area contributed by atoms with Crippen molar-refractivity contribution < 1.29 is 22.6 Å². The van der Waals surface area contributed by atoms with Crippen molar-refractivity contribution in [1.82, 2.24) is 15.5 Å². The van der Waals surface area contributed by atoms with Crippen molar-refractivity contribution in [3.63, 3.8) is 0 Å². The van der Waals surface area contributed by atoms with Crippen LogP contribution in [0, 0.1) is 0 Å². The Hall–Kier alpha value is -2.00. The largest absolute Gasteiger partial charge is 0.573 e. The standard InChI is InChI=1S/C19H29F3N4O2/c1-2-23-18(24-9-3-11-26-12-14-27-15-13-26)25-10-8-16-4-6-17(7-5-16)28-19(20,21)22/h4-7H,2-3,8-15H2,1H3,(H2,23,24,25). The van der Waals surface area contributed by atoms with Crippen LogP contribution in [-0.4, -0.2) is 69.7 Å². The average Bonchev–Trinajstić information content (AvgIpc) is 2.66. The van der Waals surface area contributed by atoms with E-state index >= 15 is 0 Å². The number of hydrogen-bond donors (Lipinski definition) is 2. The predicted octanol–water partition coefficient (Wildman–Crippen LogP) is 2.41. The fourth-order valence-electron chi connectivity index (χ4n) is 2.83. The molecule has 0 aromatic heterocycles. The summed E-state index contributed by atoms with van der Waals surface area (Å²) in [6, 6.07) is 5.92. The van der Waals surface area contributed by atoms with E-state index in [0.29, 0.717) is 13.0 Å². The smallest absolute Gasteiger partial charge is 0.406 e. The number of aliphatic imine (C=N–C) groups is 1. The molecular formula is C19H29F3N4O2. The summed E-state index contributed by atoms with van der Waals surface area (Å²) < 4.78 is 45.7. The van der Waals surface area contributed by atoms with Crippen LogP contribution < -0.4 is 15.4 Å². The topological polar surface area (TPSA) is 58.1 Å². The highest BCUT2D eigenvalue weighted by Crippen LogP contribution is 2.22.